The molecule has 1 aliphatic carbocycles. The summed E-state index contributed by atoms with van der Waals surface area (Å²) in [5.74, 6) is -0.418. The van der Waals surface area contributed by atoms with Crippen molar-refractivity contribution in [3.05, 3.63) is 46.1 Å². The number of nitrogens with zero attached hydrogens (tertiary/aromatic N) is 1. The molecule has 2 amide bonds. The largest absolute Gasteiger partial charge is 0.481 e. The lowest BCUT2D eigenvalue weighted by molar-refractivity contribution is -0.137. The number of aliphatic carboxylic acids is 1. The van der Waals surface area contributed by atoms with Gasteiger partial charge >= 0.3 is 12.0 Å². The zero-order chi connectivity index (χ0) is 22.8. The Kier molecular flexibility index (Phi) is 7.04. The van der Waals surface area contributed by atoms with E-state index in [0.29, 0.717) is 18.9 Å². The third-order valence-electron chi connectivity index (χ3n) is 6.60. The van der Waals surface area contributed by atoms with Crippen LogP contribution >= 0.6 is 11.6 Å². The van der Waals surface area contributed by atoms with Gasteiger partial charge in [0, 0.05) is 24.2 Å². The molecule has 0 radical (unpaired) electrons. The molecule has 3 rings (SSSR count). The fourth-order valence-corrected chi connectivity index (χ4v) is 4.60. The van der Waals surface area contributed by atoms with Crippen LogP contribution < -0.4 is 5.32 Å². The molecule has 1 aromatic rings. The quantitative estimate of drug-likeness (QED) is 0.506. The highest BCUT2D eigenvalue weighted by Gasteiger charge is 2.43. The van der Waals surface area contributed by atoms with Gasteiger partial charge in [-0.05, 0) is 73.1 Å². The second kappa shape index (κ2) is 9.23. The van der Waals surface area contributed by atoms with Crippen LogP contribution in [0.3, 0.4) is 0 Å². The third kappa shape index (κ3) is 5.62. The van der Waals surface area contributed by atoms with Crippen molar-refractivity contribution >= 4 is 23.6 Å². The van der Waals surface area contributed by atoms with Gasteiger partial charge in [0.05, 0.1) is 5.54 Å². The molecule has 31 heavy (non-hydrogen) atoms. The van der Waals surface area contributed by atoms with Gasteiger partial charge in [-0.3, -0.25) is 4.79 Å². The van der Waals surface area contributed by atoms with Gasteiger partial charge < -0.3 is 15.3 Å². The maximum absolute atomic E-state index is 12.9. The number of carboxylic acid groups (broad SMARTS) is 1. The Hall–Kier alpha value is -2.01. The van der Waals surface area contributed by atoms with Gasteiger partial charge in [0.2, 0.25) is 0 Å². The first-order chi connectivity index (χ1) is 14.5. The molecule has 6 heteroatoms. The zero-order valence-electron chi connectivity index (χ0n) is 19.1. The minimum Gasteiger partial charge on any atom is -0.481 e. The lowest BCUT2D eigenvalue weighted by atomic mass is 9.69. The number of hydrogen-bond acceptors (Lipinski definition) is 2. The van der Waals surface area contributed by atoms with Crippen molar-refractivity contribution in [1.82, 2.24) is 10.2 Å². The third-order valence-corrected chi connectivity index (χ3v) is 6.95. The standard InChI is InChI=1S/C25H35ClN2O3/c1-24(2,3)13-12-18-10-11-19(15-21(18)26)25(4)20(17-7-5-8-17)16-28(23(31)27-25)14-6-9-22(29)30/h10-11,15-17H,5-9,12-14H2,1-4H3,(H,27,31)(H,29,30)/t25-/m1/s1. The number of urea groups is 1. The molecule has 0 aromatic heterocycles. The average Bonchev–Trinajstić information content (AvgIpc) is 2.61. The smallest absolute Gasteiger partial charge is 0.322 e. The van der Waals surface area contributed by atoms with Gasteiger partial charge in [-0.25, -0.2) is 4.79 Å². The zero-order valence-corrected chi connectivity index (χ0v) is 19.9. The Morgan fingerprint density at radius 2 is 2.03 bits per heavy atom. The van der Waals surface area contributed by atoms with E-state index in [0.717, 1.165) is 41.8 Å². The average molecular weight is 447 g/mol. The van der Waals surface area contributed by atoms with Crippen molar-refractivity contribution < 1.29 is 14.7 Å². The van der Waals surface area contributed by atoms with Gasteiger partial charge in [0.15, 0.2) is 0 Å². The van der Waals surface area contributed by atoms with Crippen LogP contribution in [0.4, 0.5) is 4.79 Å². The predicted octanol–water partition coefficient (Wildman–Crippen LogP) is 6.11. The molecule has 2 aliphatic rings. The SMILES string of the molecule is CC(C)(C)CCc1ccc([C@@]2(C)NC(=O)N(CCCC(=O)O)C=C2C2CCC2)cc1Cl. The highest BCUT2D eigenvalue weighted by molar-refractivity contribution is 6.31. The van der Waals surface area contributed by atoms with E-state index in [1.807, 2.05) is 12.3 Å². The number of carboxylic acids is 1. The fraction of sp³-hybridized carbons (Fsp3) is 0.600. The van der Waals surface area contributed by atoms with Crippen molar-refractivity contribution in [1.29, 1.82) is 0 Å². The molecule has 5 nitrogen and oxygen atoms in total. The molecule has 0 saturated heterocycles. The van der Waals surface area contributed by atoms with Gasteiger partial charge in [-0.15, -0.1) is 0 Å². The second-order valence-electron chi connectivity index (χ2n) is 10.3. The molecule has 1 atom stereocenters. The van der Waals surface area contributed by atoms with Crippen molar-refractivity contribution in [3.63, 3.8) is 0 Å². The number of rotatable bonds is 8. The summed E-state index contributed by atoms with van der Waals surface area (Å²) < 4.78 is 0. The first kappa shape index (κ1) is 23.6. The lowest BCUT2D eigenvalue weighted by Crippen LogP contribution is -2.55. The summed E-state index contributed by atoms with van der Waals surface area (Å²) in [6.07, 6.45) is 7.84. The molecule has 1 fully saturated rings. The van der Waals surface area contributed by atoms with Crippen LogP contribution in [0.1, 0.15) is 77.3 Å². The summed E-state index contributed by atoms with van der Waals surface area (Å²) in [6, 6.07) is 6.01. The van der Waals surface area contributed by atoms with Crippen molar-refractivity contribution in [3.8, 4) is 0 Å². The van der Waals surface area contributed by atoms with E-state index in [1.54, 1.807) is 4.90 Å². The highest BCUT2D eigenvalue weighted by atomic mass is 35.5. The summed E-state index contributed by atoms with van der Waals surface area (Å²) in [4.78, 5) is 25.4. The molecule has 0 bridgehead atoms. The minimum absolute atomic E-state index is 0.0548. The maximum Gasteiger partial charge on any atom is 0.322 e. The Morgan fingerprint density at radius 1 is 1.32 bits per heavy atom. The number of carbonyl (C=O) groups excluding carboxylic acids is 1. The summed E-state index contributed by atoms with van der Waals surface area (Å²) in [6.45, 7) is 9.14. The highest BCUT2D eigenvalue weighted by Crippen LogP contribution is 2.45. The molecular weight excluding hydrogens is 412 g/mol. The first-order valence-electron chi connectivity index (χ1n) is 11.3. The van der Waals surface area contributed by atoms with Gasteiger partial charge in [0.25, 0.3) is 0 Å². The number of amides is 2. The van der Waals surface area contributed by atoms with Crippen LogP contribution in [0.5, 0.6) is 0 Å². The Balaban J connectivity index is 1.86. The van der Waals surface area contributed by atoms with Gasteiger partial charge in [-0.1, -0.05) is 50.9 Å². The molecule has 0 unspecified atom stereocenters. The molecule has 1 heterocycles. The predicted molar refractivity (Wildman–Crippen MR) is 124 cm³/mol. The first-order valence-corrected chi connectivity index (χ1v) is 11.7. The number of nitrogens with one attached hydrogen (secondary N) is 1. The number of benzene rings is 1. The van der Waals surface area contributed by atoms with Gasteiger partial charge in [-0.2, -0.15) is 0 Å². The van der Waals surface area contributed by atoms with Crippen molar-refractivity contribution in [2.24, 2.45) is 11.3 Å². The molecular formula is C25H35ClN2O3. The van der Waals surface area contributed by atoms with E-state index in [9.17, 15) is 9.59 Å². The molecule has 2 N–H and O–H groups in total. The topological polar surface area (TPSA) is 69.6 Å². The molecule has 0 spiro atoms. The van der Waals surface area contributed by atoms with Crippen molar-refractivity contribution in [2.45, 2.75) is 78.2 Å². The normalized spacial score (nSPS) is 22.0. The van der Waals surface area contributed by atoms with Crippen LogP contribution in [0.25, 0.3) is 0 Å². The number of aryl methyl sites for hydroxylation is 1. The van der Waals surface area contributed by atoms with E-state index in [2.05, 4.69) is 45.1 Å². The fourth-order valence-electron chi connectivity index (χ4n) is 4.32. The van der Waals surface area contributed by atoms with Crippen LogP contribution in [-0.4, -0.2) is 28.6 Å². The van der Waals surface area contributed by atoms with E-state index in [-0.39, 0.29) is 17.9 Å². The second-order valence-corrected chi connectivity index (χ2v) is 10.7. The summed E-state index contributed by atoms with van der Waals surface area (Å²) in [5, 5.41) is 12.9. The minimum atomic E-state index is -0.841. The van der Waals surface area contributed by atoms with Crippen LogP contribution in [0.15, 0.2) is 30.0 Å². The van der Waals surface area contributed by atoms with E-state index >= 15 is 0 Å². The number of hydrogen-bond donors (Lipinski definition) is 2. The Bertz CT molecular complexity index is 870. The molecule has 170 valence electrons. The monoisotopic (exact) mass is 446 g/mol. The Morgan fingerprint density at radius 3 is 2.58 bits per heavy atom. The summed E-state index contributed by atoms with van der Waals surface area (Å²) in [5.41, 5.74) is 2.95. The number of halogens is 1. The molecule has 1 saturated carbocycles. The molecule has 1 aromatic carbocycles. The maximum atomic E-state index is 12.9. The van der Waals surface area contributed by atoms with Crippen LogP contribution in [-0.2, 0) is 16.8 Å². The Labute approximate surface area is 190 Å². The van der Waals surface area contributed by atoms with E-state index in [4.69, 9.17) is 16.7 Å². The van der Waals surface area contributed by atoms with Crippen LogP contribution in [0, 0.1) is 11.3 Å². The summed E-state index contributed by atoms with van der Waals surface area (Å²) in [7, 11) is 0. The van der Waals surface area contributed by atoms with Crippen LogP contribution in [0.2, 0.25) is 5.02 Å². The van der Waals surface area contributed by atoms with Gasteiger partial charge in [0.1, 0.15) is 0 Å². The summed E-state index contributed by atoms with van der Waals surface area (Å²) >= 11 is 6.68. The lowest BCUT2D eigenvalue weighted by Gasteiger charge is -2.46. The van der Waals surface area contributed by atoms with Crippen molar-refractivity contribution in [2.75, 3.05) is 6.54 Å². The molecule has 1 aliphatic heterocycles. The number of carbonyl (C=O) groups is 2. The van der Waals surface area contributed by atoms with E-state index in [1.165, 1.54) is 12.0 Å². The van der Waals surface area contributed by atoms with E-state index < -0.39 is 11.5 Å².